The van der Waals surface area contributed by atoms with Crippen LogP contribution in [0.1, 0.15) is 5.56 Å². The van der Waals surface area contributed by atoms with E-state index in [2.05, 4.69) is 4.98 Å². The molecule has 1 aromatic carbocycles. The molecule has 0 aliphatic heterocycles. The van der Waals surface area contributed by atoms with E-state index in [0.717, 1.165) is 16.5 Å². The first kappa shape index (κ1) is 10.7. The fraction of sp³-hybridized carbons (Fsp3) is 0.182. The van der Waals surface area contributed by atoms with Gasteiger partial charge in [-0.1, -0.05) is 29.3 Å². The standard InChI is InChI=1S/C11H9Cl2NO/c12-9-2-1-3-10-8(9)6-7(4-5-15)11(13)14-10/h1-3,6,15H,4-5H2. The number of hydrogen-bond donors (Lipinski definition) is 1. The van der Waals surface area contributed by atoms with Crippen molar-refractivity contribution in [3.63, 3.8) is 0 Å². The van der Waals surface area contributed by atoms with Crippen LogP contribution in [0.2, 0.25) is 10.2 Å². The lowest BCUT2D eigenvalue weighted by atomic mass is 10.1. The molecule has 15 heavy (non-hydrogen) atoms. The Balaban J connectivity index is 2.66. The molecule has 0 fully saturated rings. The zero-order valence-corrected chi connectivity index (χ0v) is 9.39. The normalized spacial score (nSPS) is 10.9. The minimum absolute atomic E-state index is 0.0529. The molecule has 0 saturated heterocycles. The van der Waals surface area contributed by atoms with Gasteiger partial charge in [0.1, 0.15) is 5.15 Å². The van der Waals surface area contributed by atoms with E-state index in [1.165, 1.54) is 0 Å². The summed E-state index contributed by atoms with van der Waals surface area (Å²) < 4.78 is 0. The highest BCUT2D eigenvalue weighted by molar-refractivity contribution is 6.36. The molecule has 2 nitrogen and oxygen atoms in total. The lowest BCUT2D eigenvalue weighted by Crippen LogP contribution is -1.94. The van der Waals surface area contributed by atoms with E-state index in [1.807, 2.05) is 24.3 Å². The van der Waals surface area contributed by atoms with Gasteiger partial charge in [-0.05, 0) is 30.2 Å². The van der Waals surface area contributed by atoms with Crippen LogP contribution in [0.4, 0.5) is 0 Å². The van der Waals surface area contributed by atoms with Gasteiger partial charge in [-0.25, -0.2) is 4.98 Å². The van der Waals surface area contributed by atoms with E-state index >= 15 is 0 Å². The average molecular weight is 242 g/mol. The van der Waals surface area contributed by atoms with Gasteiger partial charge in [-0.2, -0.15) is 0 Å². The van der Waals surface area contributed by atoms with Gasteiger partial charge in [0.15, 0.2) is 0 Å². The SMILES string of the molecule is OCCc1cc2c(Cl)cccc2nc1Cl. The maximum absolute atomic E-state index is 8.87. The van der Waals surface area contributed by atoms with E-state index in [0.29, 0.717) is 16.6 Å². The van der Waals surface area contributed by atoms with Gasteiger partial charge in [0.05, 0.1) is 5.52 Å². The van der Waals surface area contributed by atoms with Crippen LogP contribution in [0.15, 0.2) is 24.3 Å². The molecular weight excluding hydrogens is 233 g/mol. The zero-order valence-electron chi connectivity index (χ0n) is 7.87. The van der Waals surface area contributed by atoms with Gasteiger partial charge in [-0.15, -0.1) is 0 Å². The molecule has 0 spiro atoms. The van der Waals surface area contributed by atoms with E-state index in [1.54, 1.807) is 0 Å². The van der Waals surface area contributed by atoms with E-state index in [9.17, 15) is 0 Å². The predicted molar refractivity (Wildman–Crippen MR) is 62.6 cm³/mol. The summed E-state index contributed by atoms with van der Waals surface area (Å²) in [4.78, 5) is 4.22. The second-order valence-corrected chi connectivity index (χ2v) is 3.98. The molecule has 0 atom stereocenters. The monoisotopic (exact) mass is 241 g/mol. The van der Waals surface area contributed by atoms with Gasteiger partial charge < -0.3 is 5.11 Å². The molecule has 0 bridgehead atoms. The Morgan fingerprint density at radius 2 is 2.07 bits per heavy atom. The molecule has 1 heterocycles. The van der Waals surface area contributed by atoms with Crippen LogP contribution in [0.25, 0.3) is 10.9 Å². The molecule has 2 rings (SSSR count). The summed E-state index contributed by atoms with van der Waals surface area (Å²) in [5.74, 6) is 0. The van der Waals surface area contributed by atoms with E-state index in [4.69, 9.17) is 28.3 Å². The maximum Gasteiger partial charge on any atom is 0.133 e. The molecule has 2 aromatic rings. The summed E-state index contributed by atoms with van der Waals surface area (Å²) in [5, 5.41) is 10.8. The summed E-state index contributed by atoms with van der Waals surface area (Å²) in [7, 11) is 0. The molecule has 0 unspecified atom stereocenters. The first-order valence-corrected chi connectivity index (χ1v) is 5.32. The van der Waals surface area contributed by atoms with E-state index < -0.39 is 0 Å². The Morgan fingerprint density at radius 1 is 1.27 bits per heavy atom. The van der Waals surface area contributed by atoms with Crippen molar-refractivity contribution in [2.75, 3.05) is 6.61 Å². The second-order valence-electron chi connectivity index (χ2n) is 3.22. The highest BCUT2D eigenvalue weighted by atomic mass is 35.5. The van der Waals surface area contributed by atoms with Crippen LogP contribution in [-0.2, 0) is 6.42 Å². The topological polar surface area (TPSA) is 33.1 Å². The first-order valence-electron chi connectivity index (χ1n) is 4.57. The molecule has 1 N–H and O–H groups in total. The molecule has 1 aromatic heterocycles. The Kier molecular flexibility index (Phi) is 3.10. The maximum atomic E-state index is 8.87. The number of aliphatic hydroxyl groups excluding tert-OH is 1. The Morgan fingerprint density at radius 3 is 2.80 bits per heavy atom. The number of pyridine rings is 1. The van der Waals surface area contributed by atoms with Crippen LogP contribution in [0, 0.1) is 0 Å². The van der Waals surface area contributed by atoms with Crippen molar-refractivity contribution in [1.29, 1.82) is 0 Å². The fourth-order valence-corrected chi connectivity index (χ4v) is 1.94. The molecule has 78 valence electrons. The molecule has 0 amide bonds. The molecule has 0 aliphatic rings. The van der Waals surface area contributed by atoms with Crippen molar-refractivity contribution >= 4 is 34.1 Å². The van der Waals surface area contributed by atoms with Crippen molar-refractivity contribution in [3.05, 3.63) is 40.0 Å². The third-order valence-corrected chi connectivity index (χ3v) is 2.87. The van der Waals surface area contributed by atoms with Crippen molar-refractivity contribution in [2.24, 2.45) is 0 Å². The van der Waals surface area contributed by atoms with Gasteiger partial charge in [0.2, 0.25) is 0 Å². The van der Waals surface area contributed by atoms with Crippen molar-refractivity contribution in [3.8, 4) is 0 Å². The number of benzene rings is 1. The molecular formula is C11H9Cl2NO. The molecule has 4 heteroatoms. The minimum Gasteiger partial charge on any atom is -0.396 e. The van der Waals surface area contributed by atoms with Gasteiger partial charge in [0, 0.05) is 17.0 Å². The van der Waals surface area contributed by atoms with Crippen molar-refractivity contribution < 1.29 is 5.11 Å². The van der Waals surface area contributed by atoms with Gasteiger partial charge in [-0.3, -0.25) is 0 Å². The first-order chi connectivity index (χ1) is 7.22. The Hall–Kier alpha value is -0.830. The summed E-state index contributed by atoms with van der Waals surface area (Å²) >= 11 is 12.0. The molecule has 0 saturated carbocycles. The van der Waals surface area contributed by atoms with Gasteiger partial charge in [0.25, 0.3) is 0 Å². The third-order valence-electron chi connectivity index (χ3n) is 2.21. The number of aromatic nitrogens is 1. The molecule has 0 aliphatic carbocycles. The van der Waals surface area contributed by atoms with Crippen molar-refractivity contribution in [2.45, 2.75) is 6.42 Å². The zero-order chi connectivity index (χ0) is 10.8. The third kappa shape index (κ3) is 2.07. The highest BCUT2D eigenvalue weighted by Crippen LogP contribution is 2.26. The number of nitrogens with zero attached hydrogens (tertiary/aromatic N) is 1. The summed E-state index contributed by atoms with van der Waals surface area (Å²) in [6.07, 6.45) is 0.493. The smallest absolute Gasteiger partial charge is 0.133 e. The number of rotatable bonds is 2. The summed E-state index contributed by atoms with van der Waals surface area (Å²) in [5.41, 5.74) is 1.59. The van der Waals surface area contributed by atoms with Crippen LogP contribution < -0.4 is 0 Å². The second kappa shape index (κ2) is 4.35. The Labute approximate surface area is 97.5 Å². The van der Waals surface area contributed by atoms with Crippen LogP contribution in [0.3, 0.4) is 0 Å². The van der Waals surface area contributed by atoms with Crippen LogP contribution in [-0.4, -0.2) is 16.7 Å². The highest BCUT2D eigenvalue weighted by Gasteiger charge is 2.06. The Bertz CT molecular complexity index is 499. The fourth-order valence-electron chi connectivity index (χ4n) is 1.47. The lowest BCUT2D eigenvalue weighted by molar-refractivity contribution is 0.299. The number of halogens is 2. The minimum atomic E-state index is 0.0529. The summed E-state index contributed by atoms with van der Waals surface area (Å²) in [6.45, 7) is 0.0529. The predicted octanol–water partition coefficient (Wildman–Crippen LogP) is 3.08. The number of hydrogen-bond acceptors (Lipinski definition) is 2. The molecule has 0 radical (unpaired) electrons. The van der Waals surface area contributed by atoms with Gasteiger partial charge >= 0.3 is 0 Å². The lowest BCUT2D eigenvalue weighted by Gasteiger charge is -2.05. The average Bonchev–Trinajstić information content (AvgIpc) is 2.21. The van der Waals surface area contributed by atoms with Crippen LogP contribution in [0.5, 0.6) is 0 Å². The summed E-state index contributed by atoms with van der Waals surface area (Å²) in [6, 6.07) is 7.38. The van der Waals surface area contributed by atoms with Crippen molar-refractivity contribution in [1.82, 2.24) is 4.98 Å². The van der Waals surface area contributed by atoms with E-state index in [-0.39, 0.29) is 6.61 Å². The number of fused-ring (bicyclic) bond motifs is 1. The number of aliphatic hydroxyl groups is 1. The quantitative estimate of drug-likeness (QED) is 0.821. The largest absolute Gasteiger partial charge is 0.396 e. The van der Waals surface area contributed by atoms with Crippen LogP contribution >= 0.6 is 23.2 Å².